The highest BCUT2D eigenvalue weighted by Gasteiger charge is 2.15. The van der Waals surface area contributed by atoms with Crippen LogP contribution in [0.25, 0.3) is 0 Å². The standard InChI is InChI=1S/C14H13BrClNO2/c1-19-14-3-2-11(16)6-12(14)13(18)5-9-4-10(15)8-17-7-9/h2-4,6-8,13,18H,5H2,1H3. The highest BCUT2D eigenvalue weighted by molar-refractivity contribution is 9.10. The molecule has 0 aliphatic carbocycles. The summed E-state index contributed by atoms with van der Waals surface area (Å²) in [5, 5.41) is 10.9. The van der Waals surface area contributed by atoms with E-state index in [2.05, 4.69) is 20.9 Å². The van der Waals surface area contributed by atoms with Crippen molar-refractivity contribution in [3.8, 4) is 5.75 Å². The largest absolute Gasteiger partial charge is 0.496 e. The normalized spacial score (nSPS) is 12.2. The first-order chi connectivity index (χ1) is 9.10. The molecule has 1 atom stereocenters. The Hall–Kier alpha value is -1.10. The summed E-state index contributed by atoms with van der Waals surface area (Å²) < 4.78 is 6.12. The van der Waals surface area contributed by atoms with Gasteiger partial charge in [-0.25, -0.2) is 0 Å². The van der Waals surface area contributed by atoms with Crippen molar-refractivity contribution in [2.75, 3.05) is 7.11 Å². The summed E-state index contributed by atoms with van der Waals surface area (Å²) >= 11 is 9.32. The number of nitrogens with zero attached hydrogens (tertiary/aromatic N) is 1. The van der Waals surface area contributed by atoms with E-state index in [9.17, 15) is 5.11 Å². The van der Waals surface area contributed by atoms with Crippen molar-refractivity contribution in [3.05, 3.63) is 57.3 Å². The Morgan fingerprint density at radius 2 is 2.16 bits per heavy atom. The van der Waals surface area contributed by atoms with Gasteiger partial charge in [0, 0.05) is 33.9 Å². The predicted octanol–water partition coefficient (Wildman–Crippen LogP) is 3.78. The predicted molar refractivity (Wildman–Crippen MR) is 78.6 cm³/mol. The SMILES string of the molecule is COc1ccc(Cl)cc1C(O)Cc1cncc(Br)c1. The molecule has 0 saturated carbocycles. The van der Waals surface area contributed by atoms with Gasteiger partial charge in [-0.3, -0.25) is 4.98 Å². The van der Waals surface area contributed by atoms with Crippen molar-refractivity contribution in [2.24, 2.45) is 0 Å². The van der Waals surface area contributed by atoms with Crippen LogP contribution in [0, 0.1) is 0 Å². The maximum atomic E-state index is 10.3. The van der Waals surface area contributed by atoms with Gasteiger partial charge < -0.3 is 9.84 Å². The van der Waals surface area contributed by atoms with Crippen LogP contribution < -0.4 is 4.74 Å². The number of hydrogen-bond donors (Lipinski definition) is 1. The smallest absolute Gasteiger partial charge is 0.124 e. The number of aliphatic hydroxyl groups is 1. The molecule has 1 heterocycles. The zero-order chi connectivity index (χ0) is 13.8. The number of methoxy groups -OCH3 is 1. The van der Waals surface area contributed by atoms with E-state index in [0.29, 0.717) is 22.8 Å². The lowest BCUT2D eigenvalue weighted by molar-refractivity contribution is 0.174. The molecular formula is C14H13BrClNO2. The molecule has 5 heteroatoms. The summed E-state index contributed by atoms with van der Waals surface area (Å²) in [5.74, 6) is 0.625. The first-order valence-corrected chi connectivity index (χ1v) is 6.88. The molecule has 0 fully saturated rings. The zero-order valence-electron chi connectivity index (χ0n) is 10.3. The van der Waals surface area contributed by atoms with E-state index < -0.39 is 6.10 Å². The monoisotopic (exact) mass is 341 g/mol. The zero-order valence-corrected chi connectivity index (χ0v) is 12.6. The van der Waals surface area contributed by atoms with E-state index in [1.165, 1.54) is 0 Å². The van der Waals surface area contributed by atoms with E-state index in [1.54, 1.807) is 37.7 Å². The Morgan fingerprint density at radius 3 is 2.84 bits per heavy atom. The Bertz CT molecular complexity index is 577. The Kier molecular flexibility index (Phi) is 4.80. The van der Waals surface area contributed by atoms with Gasteiger partial charge in [0.15, 0.2) is 0 Å². The topological polar surface area (TPSA) is 42.4 Å². The molecule has 0 spiro atoms. The summed E-state index contributed by atoms with van der Waals surface area (Å²) in [7, 11) is 1.57. The van der Waals surface area contributed by atoms with Gasteiger partial charge in [-0.15, -0.1) is 0 Å². The fourth-order valence-corrected chi connectivity index (χ4v) is 2.46. The summed E-state index contributed by atoms with van der Waals surface area (Å²) in [6, 6.07) is 7.13. The second-order valence-electron chi connectivity index (χ2n) is 4.12. The number of halogens is 2. The minimum absolute atomic E-state index is 0.448. The summed E-state index contributed by atoms with van der Waals surface area (Å²) in [4.78, 5) is 4.08. The lowest BCUT2D eigenvalue weighted by Crippen LogP contribution is -2.04. The van der Waals surface area contributed by atoms with Gasteiger partial charge >= 0.3 is 0 Å². The maximum Gasteiger partial charge on any atom is 0.124 e. The van der Waals surface area contributed by atoms with E-state index >= 15 is 0 Å². The first kappa shape index (κ1) is 14.3. The fraction of sp³-hybridized carbons (Fsp3) is 0.214. The van der Waals surface area contributed by atoms with Crippen LogP contribution in [0.15, 0.2) is 41.1 Å². The van der Waals surface area contributed by atoms with Gasteiger partial charge in [0.05, 0.1) is 13.2 Å². The molecule has 0 bridgehead atoms. The molecule has 2 rings (SSSR count). The Labute approximate surface area is 125 Å². The average molecular weight is 343 g/mol. The number of benzene rings is 1. The van der Waals surface area contributed by atoms with Gasteiger partial charge in [0.25, 0.3) is 0 Å². The number of hydrogen-bond acceptors (Lipinski definition) is 3. The third-order valence-electron chi connectivity index (χ3n) is 2.74. The van der Waals surface area contributed by atoms with Gasteiger partial charge in [0.2, 0.25) is 0 Å². The highest BCUT2D eigenvalue weighted by Crippen LogP contribution is 2.30. The number of aliphatic hydroxyl groups excluding tert-OH is 1. The molecule has 0 radical (unpaired) electrons. The third-order valence-corrected chi connectivity index (χ3v) is 3.41. The summed E-state index contributed by atoms with van der Waals surface area (Å²) in [5.41, 5.74) is 1.61. The van der Waals surface area contributed by atoms with Gasteiger partial charge in [-0.1, -0.05) is 11.6 Å². The molecule has 100 valence electrons. The second-order valence-corrected chi connectivity index (χ2v) is 5.47. The van der Waals surface area contributed by atoms with Crippen molar-refractivity contribution in [3.63, 3.8) is 0 Å². The van der Waals surface area contributed by atoms with Crippen molar-refractivity contribution in [1.29, 1.82) is 0 Å². The lowest BCUT2D eigenvalue weighted by Gasteiger charge is -2.15. The van der Waals surface area contributed by atoms with E-state index in [0.717, 1.165) is 10.0 Å². The van der Waals surface area contributed by atoms with E-state index in [-0.39, 0.29) is 0 Å². The van der Waals surface area contributed by atoms with Gasteiger partial charge in [-0.05, 0) is 45.8 Å². The summed E-state index contributed by atoms with van der Waals surface area (Å²) in [6.07, 6.45) is 3.19. The summed E-state index contributed by atoms with van der Waals surface area (Å²) in [6.45, 7) is 0. The van der Waals surface area contributed by atoms with Crippen LogP contribution in [0.2, 0.25) is 5.02 Å². The lowest BCUT2D eigenvalue weighted by atomic mass is 10.0. The molecule has 19 heavy (non-hydrogen) atoms. The molecular weight excluding hydrogens is 330 g/mol. The molecule has 1 aromatic heterocycles. The first-order valence-electron chi connectivity index (χ1n) is 5.71. The molecule has 3 nitrogen and oxygen atoms in total. The molecule has 0 aliphatic heterocycles. The average Bonchev–Trinajstić information content (AvgIpc) is 2.38. The Morgan fingerprint density at radius 1 is 1.37 bits per heavy atom. The van der Waals surface area contributed by atoms with Crippen LogP contribution in [0.5, 0.6) is 5.75 Å². The maximum absolute atomic E-state index is 10.3. The number of pyridine rings is 1. The quantitative estimate of drug-likeness (QED) is 0.919. The van der Waals surface area contributed by atoms with E-state index in [1.807, 2.05) is 6.07 Å². The molecule has 0 saturated heterocycles. The third kappa shape index (κ3) is 3.69. The number of ether oxygens (including phenoxy) is 1. The molecule has 0 aliphatic rings. The van der Waals surface area contributed by atoms with E-state index in [4.69, 9.17) is 16.3 Å². The van der Waals surface area contributed by atoms with Crippen LogP contribution in [0.4, 0.5) is 0 Å². The van der Waals surface area contributed by atoms with Crippen LogP contribution in [0.1, 0.15) is 17.2 Å². The molecule has 1 N–H and O–H groups in total. The Balaban J connectivity index is 2.24. The molecule has 0 amide bonds. The van der Waals surface area contributed by atoms with Gasteiger partial charge in [-0.2, -0.15) is 0 Å². The minimum Gasteiger partial charge on any atom is -0.496 e. The van der Waals surface area contributed by atoms with Crippen molar-refractivity contribution >= 4 is 27.5 Å². The van der Waals surface area contributed by atoms with Crippen molar-refractivity contribution in [2.45, 2.75) is 12.5 Å². The molecule has 1 aromatic carbocycles. The molecule has 2 aromatic rings. The molecule has 1 unspecified atom stereocenters. The fourth-order valence-electron chi connectivity index (χ4n) is 1.87. The van der Waals surface area contributed by atoms with Crippen molar-refractivity contribution < 1.29 is 9.84 Å². The van der Waals surface area contributed by atoms with Gasteiger partial charge in [0.1, 0.15) is 5.75 Å². The highest BCUT2D eigenvalue weighted by atomic mass is 79.9. The van der Waals surface area contributed by atoms with Crippen molar-refractivity contribution in [1.82, 2.24) is 4.98 Å². The number of aromatic nitrogens is 1. The van der Waals surface area contributed by atoms with Crippen LogP contribution in [-0.4, -0.2) is 17.2 Å². The van der Waals surface area contributed by atoms with Crippen LogP contribution >= 0.6 is 27.5 Å². The van der Waals surface area contributed by atoms with Crippen LogP contribution in [-0.2, 0) is 6.42 Å². The van der Waals surface area contributed by atoms with Crippen LogP contribution in [0.3, 0.4) is 0 Å². The number of rotatable bonds is 4. The second kappa shape index (κ2) is 6.37. The minimum atomic E-state index is -0.690.